The summed E-state index contributed by atoms with van der Waals surface area (Å²) in [6, 6.07) is 19.4. The van der Waals surface area contributed by atoms with Crippen LogP contribution in [-0.4, -0.2) is 41.0 Å². The highest BCUT2D eigenvalue weighted by Gasteiger charge is 2.30. The molecule has 0 radical (unpaired) electrons. The molecule has 6 rings (SSSR count). The topological polar surface area (TPSA) is 32.3 Å². The summed E-state index contributed by atoms with van der Waals surface area (Å²) in [5, 5.41) is 2.10. The first-order valence-corrected chi connectivity index (χ1v) is 13.4. The van der Waals surface area contributed by atoms with Gasteiger partial charge in [-0.1, -0.05) is 61.0 Å². The molecule has 2 aliphatic rings. The van der Waals surface area contributed by atoms with Crippen LogP contribution in [0.2, 0.25) is 5.02 Å². The van der Waals surface area contributed by atoms with Gasteiger partial charge in [-0.25, -0.2) is 9.97 Å². The summed E-state index contributed by atoms with van der Waals surface area (Å²) in [6.07, 6.45) is 5.38. The second-order valence-electron chi connectivity index (χ2n) is 9.62. The molecule has 34 heavy (non-hydrogen) atoms. The molecule has 0 N–H and O–H groups in total. The lowest BCUT2D eigenvalue weighted by Crippen LogP contribution is -2.48. The lowest BCUT2D eigenvalue weighted by molar-refractivity contribution is 0.212. The minimum atomic E-state index is 0.223. The van der Waals surface area contributed by atoms with E-state index in [1.54, 1.807) is 6.33 Å². The molecule has 2 aromatic carbocycles. The van der Waals surface area contributed by atoms with E-state index in [1.165, 1.54) is 39.8 Å². The number of hydrogen-bond donors (Lipinski definition) is 0. The second kappa shape index (κ2) is 9.29. The largest absolute Gasteiger partial charge is 0.353 e. The number of aromatic nitrogens is 2. The van der Waals surface area contributed by atoms with E-state index in [1.807, 2.05) is 23.5 Å². The number of nitrogens with zero attached hydrogens (tertiary/aromatic N) is 4. The second-order valence-corrected chi connectivity index (χ2v) is 11.1. The molecule has 1 aliphatic carbocycles. The van der Waals surface area contributed by atoms with Gasteiger partial charge in [0.05, 0.1) is 11.4 Å². The summed E-state index contributed by atoms with van der Waals surface area (Å²) in [5.74, 6) is 1.88. The first-order chi connectivity index (χ1) is 16.7. The minimum Gasteiger partial charge on any atom is -0.353 e. The molecular formula is C28H29ClN4S. The molecule has 1 saturated heterocycles. The highest BCUT2D eigenvalue weighted by Crippen LogP contribution is 2.41. The van der Waals surface area contributed by atoms with Gasteiger partial charge in [-0.05, 0) is 54.0 Å². The first kappa shape index (κ1) is 22.0. The van der Waals surface area contributed by atoms with Gasteiger partial charge in [0.2, 0.25) is 0 Å². The van der Waals surface area contributed by atoms with Crippen molar-refractivity contribution in [2.75, 3.05) is 31.1 Å². The number of thiophene rings is 1. The van der Waals surface area contributed by atoms with Gasteiger partial charge in [0.25, 0.3) is 0 Å². The van der Waals surface area contributed by atoms with Crippen molar-refractivity contribution in [1.82, 2.24) is 14.9 Å². The van der Waals surface area contributed by atoms with E-state index < -0.39 is 0 Å². The Morgan fingerprint density at radius 3 is 2.44 bits per heavy atom. The molecule has 0 spiro atoms. The molecular weight excluding hydrogens is 460 g/mol. The molecule has 0 bridgehead atoms. The average Bonchev–Trinajstić information content (AvgIpc) is 3.24. The number of halogens is 1. The summed E-state index contributed by atoms with van der Waals surface area (Å²) in [4.78, 5) is 17.2. The number of anilines is 1. The fourth-order valence-electron chi connectivity index (χ4n) is 5.59. The van der Waals surface area contributed by atoms with E-state index in [2.05, 4.69) is 64.2 Å². The normalized spacial score (nSPS) is 19.8. The smallest absolute Gasteiger partial charge is 0.141 e. The fourth-order valence-corrected chi connectivity index (χ4v) is 6.90. The van der Waals surface area contributed by atoms with Gasteiger partial charge in [0, 0.05) is 36.1 Å². The third-order valence-electron chi connectivity index (χ3n) is 7.35. The minimum absolute atomic E-state index is 0.223. The molecule has 174 valence electrons. The van der Waals surface area contributed by atoms with Crippen LogP contribution in [0.25, 0.3) is 10.2 Å². The van der Waals surface area contributed by atoms with Crippen LogP contribution in [0.4, 0.5) is 5.82 Å². The van der Waals surface area contributed by atoms with Gasteiger partial charge >= 0.3 is 0 Å². The van der Waals surface area contributed by atoms with Crippen LogP contribution in [0.15, 0.2) is 60.9 Å². The number of aryl methyl sites for hydroxylation is 1. The molecule has 3 heterocycles. The van der Waals surface area contributed by atoms with Crippen LogP contribution in [0.1, 0.15) is 41.0 Å². The number of hydrogen-bond acceptors (Lipinski definition) is 5. The van der Waals surface area contributed by atoms with E-state index >= 15 is 0 Å². The summed E-state index contributed by atoms with van der Waals surface area (Å²) in [6.45, 7) is 6.26. The maximum Gasteiger partial charge on any atom is 0.141 e. The molecule has 4 aromatic rings. The zero-order valence-corrected chi connectivity index (χ0v) is 21.0. The Hall–Kier alpha value is -2.47. The van der Waals surface area contributed by atoms with Crippen molar-refractivity contribution in [3.63, 3.8) is 0 Å². The third-order valence-corrected chi connectivity index (χ3v) is 8.80. The van der Waals surface area contributed by atoms with Crippen LogP contribution in [-0.2, 0) is 12.8 Å². The van der Waals surface area contributed by atoms with Crippen molar-refractivity contribution >= 4 is 39.0 Å². The average molecular weight is 489 g/mol. The fraction of sp³-hybridized carbons (Fsp3) is 0.357. The molecule has 0 amide bonds. The number of fused-ring (bicyclic) bond motifs is 3. The predicted molar refractivity (Wildman–Crippen MR) is 142 cm³/mol. The summed E-state index contributed by atoms with van der Waals surface area (Å²) in [7, 11) is 0. The van der Waals surface area contributed by atoms with Gasteiger partial charge < -0.3 is 4.90 Å². The van der Waals surface area contributed by atoms with E-state index in [9.17, 15) is 0 Å². The van der Waals surface area contributed by atoms with Gasteiger partial charge in [0.15, 0.2) is 0 Å². The highest BCUT2D eigenvalue weighted by atomic mass is 35.5. The molecule has 2 aromatic heterocycles. The summed E-state index contributed by atoms with van der Waals surface area (Å²) >= 11 is 8.08. The van der Waals surface area contributed by atoms with Crippen molar-refractivity contribution < 1.29 is 0 Å². The zero-order chi connectivity index (χ0) is 23.1. The Bertz CT molecular complexity index is 1280. The highest BCUT2D eigenvalue weighted by molar-refractivity contribution is 7.19. The van der Waals surface area contributed by atoms with Crippen molar-refractivity contribution in [3.8, 4) is 0 Å². The Morgan fingerprint density at radius 1 is 0.941 bits per heavy atom. The molecule has 2 atom stereocenters. The Labute approximate surface area is 210 Å². The predicted octanol–water partition coefficient (Wildman–Crippen LogP) is 6.38. The monoisotopic (exact) mass is 488 g/mol. The molecule has 2 unspecified atom stereocenters. The maximum atomic E-state index is 6.20. The van der Waals surface area contributed by atoms with E-state index in [0.29, 0.717) is 0 Å². The summed E-state index contributed by atoms with van der Waals surface area (Å²) < 4.78 is 0. The molecule has 0 saturated carbocycles. The molecule has 1 fully saturated rings. The van der Waals surface area contributed by atoms with Crippen molar-refractivity contribution in [2.24, 2.45) is 5.92 Å². The Morgan fingerprint density at radius 2 is 1.68 bits per heavy atom. The lowest BCUT2D eigenvalue weighted by Gasteiger charge is -2.40. The Kier molecular flexibility index (Phi) is 6.02. The van der Waals surface area contributed by atoms with Crippen molar-refractivity contribution in [1.29, 1.82) is 0 Å². The number of piperazine rings is 1. The number of rotatable bonds is 4. The zero-order valence-electron chi connectivity index (χ0n) is 19.5. The van der Waals surface area contributed by atoms with E-state index in [0.717, 1.165) is 54.2 Å². The van der Waals surface area contributed by atoms with Crippen LogP contribution < -0.4 is 4.90 Å². The summed E-state index contributed by atoms with van der Waals surface area (Å²) in [5.41, 5.74) is 4.12. The standard InChI is InChI=1S/C28H29ClN4S/c1-19-7-12-24-23(17-19)25-27(30-18-31-28(25)34-24)33-15-13-32(14-16-33)26(20-5-3-2-4-6-20)21-8-10-22(29)11-9-21/h2-6,8-11,18-19,26H,7,12-17H2,1H3. The van der Waals surface area contributed by atoms with Gasteiger partial charge in [-0.15, -0.1) is 11.3 Å². The SMILES string of the molecule is CC1CCc2sc3ncnc(N4CCN(C(c5ccccc5)c5ccc(Cl)cc5)CC4)c3c2C1. The van der Waals surface area contributed by atoms with Gasteiger partial charge in [0.1, 0.15) is 17.0 Å². The Balaban J connectivity index is 1.28. The van der Waals surface area contributed by atoms with Crippen molar-refractivity contribution in [3.05, 3.63) is 87.5 Å². The van der Waals surface area contributed by atoms with Crippen LogP contribution in [0.5, 0.6) is 0 Å². The molecule has 6 heteroatoms. The van der Waals surface area contributed by atoms with E-state index in [-0.39, 0.29) is 6.04 Å². The number of benzene rings is 2. The molecule has 1 aliphatic heterocycles. The maximum absolute atomic E-state index is 6.20. The van der Waals surface area contributed by atoms with Crippen LogP contribution in [0.3, 0.4) is 0 Å². The first-order valence-electron chi connectivity index (χ1n) is 12.2. The lowest BCUT2D eigenvalue weighted by atomic mass is 9.88. The van der Waals surface area contributed by atoms with E-state index in [4.69, 9.17) is 16.6 Å². The van der Waals surface area contributed by atoms with Crippen molar-refractivity contribution in [2.45, 2.75) is 32.2 Å². The quantitative estimate of drug-likeness (QED) is 0.333. The van der Waals surface area contributed by atoms with Gasteiger partial charge in [-0.3, -0.25) is 4.90 Å². The van der Waals surface area contributed by atoms with Crippen LogP contribution >= 0.6 is 22.9 Å². The third kappa shape index (κ3) is 4.10. The van der Waals surface area contributed by atoms with Crippen LogP contribution in [0, 0.1) is 5.92 Å². The van der Waals surface area contributed by atoms with Gasteiger partial charge in [-0.2, -0.15) is 0 Å². The molecule has 4 nitrogen and oxygen atoms in total.